The number of rotatable bonds is 3. The van der Waals surface area contributed by atoms with Gasteiger partial charge in [-0.2, -0.15) is 0 Å². The molecule has 0 radical (unpaired) electrons. The van der Waals surface area contributed by atoms with Crippen LogP contribution in [0, 0.1) is 12.8 Å². The number of hydrogen-bond donors (Lipinski definition) is 2. The van der Waals surface area contributed by atoms with Crippen LogP contribution in [0.25, 0.3) is 5.65 Å². The number of nitrogens with zero attached hydrogens (tertiary/aromatic N) is 3. The number of hydrogen-bond acceptors (Lipinski definition) is 4. The summed E-state index contributed by atoms with van der Waals surface area (Å²) >= 11 is 0. The largest absolute Gasteiger partial charge is 0.352 e. The summed E-state index contributed by atoms with van der Waals surface area (Å²) in [7, 11) is 0. The maximum absolute atomic E-state index is 12.0. The minimum Gasteiger partial charge on any atom is -0.352 e. The molecule has 3 rings (SSSR count). The number of amides is 1. The van der Waals surface area contributed by atoms with Gasteiger partial charge in [-0.3, -0.25) is 9.20 Å². The van der Waals surface area contributed by atoms with E-state index in [9.17, 15) is 4.79 Å². The van der Waals surface area contributed by atoms with Gasteiger partial charge >= 0.3 is 0 Å². The van der Waals surface area contributed by atoms with Gasteiger partial charge in [0.1, 0.15) is 5.82 Å². The van der Waals surface area contributed by atoms with Crippen molar-refractivity contribution in [2.75, 3.05) is 19.6 Å². The molecule has 0 saturated carbocycles. The predicted octanol–water partition coefficient (Wildman–Crippen LogP) is -0.0131. The van der Waals surface area contributed by atoms with E-state index in [1.54, 1.807) is 18.3 Å². The Morgan fingerprint density at radius 2 is 2.33 bits per heavy atom. The van der Waals surface area contributed by atoms with Crippen molar-refractivity contribution in [2.45, 2.75) is 6.92 Å². The summed E-state index contributed by atoms with van der Waals surface area (Å²) in [4.78, 5) is 12.0. The average Bonchev–Trinajstić information content (AvgIpc) is 2.68. The smallest absolute Gasteiger partial charge is 0.252 e. The fourth-order valence-corrected chi connectivity index (χ4v) is 1.97. The first-order valence-electron chi connectivity index (χ1n) is 6.04. The Hall–Kier alpha value is -1.95. The van der Waals surface area contributed by atoms with Crippen molar-refractivity contribution < 1.29 is 4.79 Å². The molecule has 0 bridgehead atoms. The van der Waals surface area contributed by atoms with Crippen LogP contribution in [0.2, 0.25) is 0 Å². The van der Waals surface area contributed by atoms with Gasteiger partial charge in [0.25, 0.3) is 5.91 Å². The van der Waals surface area contributed by atoms with Crippen molar-refractivity contribution in [3.05, 3.63) is 29.7 Å². The van der Waals surface area contributed by atoms with E-state index in [-0.39, 0.29) is 5.91 Å². The molecular formula is C12H15N5O. The van der Waals surface area contributed by atoms with E-state index < -0.39 is 0 Å². The van der Waals surface area contributed by atoms with Crippen molar-refractivity contribution in [2.24, 2.45) is 5.92 Å². The van der Waals surface area contributed by atoms with Gasteiger partial charge in [-0.25, -0.2) is 0 Å². The maximum Gasteiger partial charge on any atom is 0.252 e. The number of fused-ring (bicyclic) bond motifs is 1. The first-order valence-corrected chi connectivity index (χ1v) is 6.04. The molecule has 6 heteroatoms. The standard InChI is InChI=1S/C12H15N5O/c1-8-15-16-11-3-2-10(7-17(8)11)12(18)14-6-9-4-13-5-9/h2-3,7,9,13H,4-6H2,1H3,(H,14,18). The predicted molar refractivity (Wildman–Crippen MR) is 66.4 cm³/mol. The fraction of sp³-hybridized carbons (Fsp3) is 0.417. The highest BCUT2D eigenvalue weighted by Crippen LogP contribution is 2.07. The Morgan fingerprint density at radius 3 is 3.06 bits per heavy atom. The summed E-state index contributed by atoms with van der Waals surface area (Å²) in [6, 6.07) is 3.58. The molecule has 1 aliphatic heterocycles. The van der Waals surface area contributed by atoms with E-state index in [0.29, 0.717) is 11.5 Å². The molecule has 1 aliphatic rings. The highest BCUT2D eigenvalue weighted by Gasteiger charge is 2.17. The molecule has 6 nitrogen and oxygen atoms in total. The first-order chi connectivity index (χ1) is 8.74. The Kier molecular flexibility index (Phi) is 2.71. The van der Waals surface area contributed by atoms with Gasteiger partial charge in [0.2, 0.25) is 0 Å². The highest BCUT2D eigenvalue weighted by atomic mass is 16.1. The zero-order valence-electron chi connectivity index (χ0n) is 10.2. The second-order valence-corrected chi connectivity index (χ2v) is 4.63. The third-order valence-electron chi connectivity index (χ3n) is 3.25. The second-order valence-electron chi connectivity index (χ2n) is 4.63. The molecule has 0 spiro atoms. The van der Waals surface area contributed by atoms with Crippen molar-refractivity contribution in [3.63, 3.8) is 0 Å². The van der Waals surface area contributed by atoms with Crippen LogP contribution in [0.4, 0.5) is 0 Å². The Bertz CT molecular complexity index is 587. The van der Waals surface area contributed by atoms with Crippen LogP contribution in [-0.2, 0) is 0 Å². The minimum absolute atomic E-state index is 0.0445. The van der Waals surface area contributed by atoms with Crippen molar-refractivity contribution in [3.8, 4) is 0 Å². The molecule has 1 fully saturated rings. The molecule has 3 heterocycles. The third kappa shape index (κ3) is 1.95. The molecule has 94 valence electrons. The van der Waals surface area contributed by atoms with Gasteiger partial charge in [-0.1, -0.05) is 0 Å². The second kappa shape index (κ2) is 4.38. The van der Waals surface area contributed by atoms with Crippen molar-refractivity contribution in [1.29, 1.82) is 0 Å². The summed E-state index contributed by atoms with van der Waals surface area (Å²) in [5, 5.41) is 14.1. The van der Waals surface area contributed by atoms with Gasteiger partial charge in [-0.05, 0) is 19.1 Å². The van der Waals surface area contributed by atoms with Gasteiger partial charge in [0, 0.05) is 31.7 Å². The number of aryl methyl sites for hydroxylation is 1. The van der Waals surface area contributed by atoms with E-state index in [1.165, 1.54) is 0 Å². The quantitative estimate of drug-likeness (QED) is 0.797. The summed E-state index contributed by atoms with van der Waals surface area (Å²) in [5.41, 5.74) is 1.39. The van der Waals surface area contributed by atoms with E-state index >= 15 is 0 Å². The minimum atomic E-state index is -0.0445. The first kappa shape index (κ1) is 11.2. The molecule has 2 aromatic rings. The lowest BCUT2D eigenvalue weighted by Crippen LogP contribution is -2.48. The normalized spacial score (nSPS) is 15.6. The molecule has 18 heavy (non-hydrogen) atoms. The highest BCUT2D eigenvalue weighted by molar-refractivity contribution is 5.94. The Labute approximate surface area is 104 Å². The molecule has 1 saturated heterocycles. The summed E-state index contributed by atoms with van der Waals surface area (Å²) < 4.78 is 1.82. The SMILES string of the molecule is Cc1nnc2ccc(C(=O)NCC3CNC3)cn12. The number of aromatic nitrogens is 3. The summed E-state index contributed by atoms with van der Waals surface area (Å²) in [5.74, 6) is 1.30. The molecule has 0 aromatic carbocycles. The van der Waals surface area contributed by atoms with Gasteiger partial charge < -0.3 is 10.6 Å². The zero-order chi connectivity index (χ0) is 12.5. The van der Waals surface area contributed by atoms with Crippen LogP contribution in [-0.4, -0.2) is 40.1 Å². The number of carbonyl (C=O) groups excluding carboxylic acids is 1. The van der Waals surface area contributed by atoms with E-state index in [2.05, 4.69) is 20.8 Å². The Morgan fingerprint density at radius 1 is 1.50 bits per heavy atom. The molecule has 2 aromatic heterocycles. The van der Waals surface area contributed by atoms with Crippen LogP contribution in [0.3, 0.4) is 0 Å². The third-order valence-corrected chi connectivity index (χ3v) is 3.25. The van der Waals surface area contributed by atoms with Crippen LogP contribution in [0.5, 0.6) is 0 Å². The zero-order valence-corrected chi connectivity index (χ0v) is 10.2. The molecule has 1 amide bonds. The van der Waals surface area contributed by atoms with Crippen LogP contribution < -0.4 is 10.6 Å². The van der Waals surface area contributed by atoms with Crippen molar-refractivity contribution in [1.82, 2.24) is 25.2 Å². The molecule has 2 N–H and O–H groups in total. The lowest BCUT2D eigenvalue weighted by Gasteiger charge is -2.27. The number of pyridine rings is 1. The molecule has 0 aliphatic carbocycles. The number of nitrogens with one attached hydrogen (secondary N) is 2. The average molecular weight is 245 g/mol. The fourth-order valence-electron chi connectivity index (χ4n) is 1.97. The Balaban J connectivity index is 1.75. The van der Waals surface area contributed by atoms with Crippen LogP contribution in [0.15, 0.2) is 18.3 Å². The van der Waals surface area contributed by atoms with E-state index in [0.717, 1.165) is 31.1 Å². The van der Waals surface area contributed by atoms with Crippen molar-refractivity contribution >= 4 is 11.6 Å². The lowest BCUT2D eigenvalue weighted by molar-refractivity contribution is 0.0942. The van der Waals surface area contributed by atoms with E-state index in [1.807, 2.05) is 11.3 Å². The lowest BCUT2D eigenvalue weighted by atomic mass is 10.0. The monoisotopic (exact) mass is 245 g/mol. The van der Waals surface area contributed by atoms with E-state index in [4.69, 9.17) is 0 Å². The molecule has 0 unspecified atom stereocenters. The van der Waals surface area contributed by atoms with Gasteiger partial charge in [0.15, 0.2) is 5.65 Å². The molecular weight excluding hydrogens is 230 g/mol. The summed E-state index contributed by atoms with van der Waals surface area (Å²) in [6.45, 7) is 4.57. The van der Waals surface area contributed by atoms with Gasteiger partial charge in [-0.15, -0.1) is 10.2 Å². The molecule has 0 atom stereocenters. The van der Waals surface area contributed by atoms with Crippen LogP contribution >= 0.6 is 0 Å². The van der Waals surface area contributed by atoms with Gasteiger partial charge in [0.05, 0.1) is 5.56 Å². The van der Waals surface area contributed by atoms with Crippen LogP contribution in [0.1, 0.15) is 16.2 Å². The maximum atomic E-state index is 12.0. The topological polar surface area (TPSA) is 71.3 Å². The number of carbonyl (C=O) groups is 1. The summed E-state index contributed by atoms with van der Waals surface area (Å²) in [6.07, 6.45) is 1.78.